The Morgan fingerprint density at radius 1 is 1.23 bits per heavy atom. The van der Waals surface area contributed by atoms with E-state index in [1.54, 1.807) is 19.2 Å². The van der Waals surface area contributed by atoms with Crippen molar-refractivity contribution in [2.75, 3.05) is 7.11 Å². The lowest BCUT2D eigenvalue weighted by atomic mass is 9.80. The van der Waals surface area contributed by atoms with Crippen LogP contribution in [-0.4, -0.2) is 24.3 Å². The highest BCUT2D eigenvalue weighted by atomic mass is 127. The number of methoxy groups -OCH3 is 1. The molecule has 2 N–H and O–H groups in total. The molecule has 70 valence electrons. The minimum atomic E-state index is -1.42. The van der Waals surface area contributed by atoms with Crippen molar-refractivity contribution in [1.29, 1.82) is 0 Å². The summed E-state index contributed by atoms with van der Waals surface area (Å²) in [6.07, 6.45) is 0. The fourth-order valence-electron chi connectivity index (χ4n) is 0.924. The lowest BCUT2D eigenvalue weighted by Crippen LogP contribution is -2.30. The molecule has 0 unspecified atom stereocenters. The highest BCUT2D eigenvalue weighted by Gasteiger charge is 2.15. The fourth-order valence-corrected chi connectivity index (χ4v) is 3.18. The Bertz CT molecular complexity index is 294. The largest absolute Gasteiger partial charge is 0.495 e. The number of rotatable bonds is 2. The molecule has 1 rings (SSSR count). The predicted octanol–water partition coefficient (Wildman–Crippen LogP) is 0.584. The first-order valence-corrected chi connectivity index (χ1v) is 5.61. The Kier molecular flexibility index (Phi) is 4.27. The maximum atomic E-state index is 8.94. The van der Waals surface area contributed by atoms with Gasteiger partial charge >= 0.3 is 7.12 Å². The number of halogens is 2. The summed E-state index contributed by atoms with van der Waals surface area (Å²) in [7, 11) is 0.169. The third kappa shape index (κ3) is 2.70. The SMILES string of the molecule is COc1c(I)cc(B(O)O)cc1I. The second kappa shape index (κ2) is 4.81. The second-order valence-electron chi connectivity index (χ2n) is 2.39. The molecule has 0 aliphatic carbocycles. The van der Waals surface area contributed by atoms with Gasteiger partial charge in [0.2, 0.25) is 0 Å². The van der Waals surface area contributed by atoms with Gasteiger partial charge in [0.1, 0.15) is 5.75 Å². The number of benzene rings is 1. The summed E-state index contributed by atoms with van der Waals surface area (Å²) in [6, 6.07) is 3.37. The summed E-state index contributed by atoms with van der Waals surface area (Å²) in [4.78, 5) is 0. The Balaban J connectivity index is 3.20. The van der Waals surface area contributed by atoms with Crippen LogP contribution in [0.4, 0.5) is 0 Å². The molecule has 0 fully saturated rings. The van der Waals surface area contributed by atoms with Gasteiger partial charge in [-0.2, -0.15) is 0 Å². The van der Waals surface area contributed by atoms with E-state index in [0.717, 1.165) is 12.9 Å². The van der Waals surface area contributed by atoms with Crippen LogP contribution in [-0.2, 0) is 0 Å². The van der Waals surface area contributed by atoms with E-state index >= 15 is 0 Å². The molecule has 0 spiro atoms. The second-order valence-corrected chi connectivity index (χ2v) is 4.72. The summed E-state index contributed by atoms with van der Waals surface area (Å²) < 4.78 is 6.87. The third-order valence-electron chi connectivity index (χ3n) is 1.52. The van der Waals surface area contributed by atoms with Crippen molar-refractivity contribution in [2.45, 2.75) is 0 Å². The normalized spacial score (nSPS) is 9.92. The van der Waals surface area contributed by atoms with Crippen LogP contribution >= 0.6 is 45.2 Å². The van der Waals surface area contributed by atoms with E-state index in [0.29, 0.717) is 5.46 Å². The molecule has 13 heavy (non-hydrogen) atoms. The maximum absolute atomic E-state index is 8.94. The van der Waals surface area contributed by atoms with Crippen molar-refractivity contribution >= 4 is 57.8 Å². The monoisotopic (exact) mass is 404 g/mol. The number of hydrogen-bond acceptors (Lipinski definition) is 3. The van der Waals surface area contributed by atoms with E-state index in [1.807, 2.05) is 0 Å². The van der Waals surface area contributed by atoms with E-state index in [9.17, 15) is 0 Å². The highest BCUT2D eigenvalue weighted by Crippen LogP contribution is 2.25. The molecule has 0 radical (unpaired) electrons. The van der Waals surface area contributed by atoms with Crippen molar-refractivity contribution in [3.05, 3.63) is 19.3 Å². The topological polar surface area (TPSA) is 49.7 Å². The molecule has 1 aromatic rings. The molecule has 3 nitrogen and oxygen atoms in total. The standard InChI is InChI=1S/C7H7BI2O3/c1-13-7-5(9)2-4(8(11)12)3-6(7)10/h2-3,11-12H,1H3. The van der Waals surface area contributed by atoms with Crippen molar-refractivity contribution in [3.8, 4) is 5.75 Å². The van der Waals surface area contributed by atoms with E-state index in [4.69, 9.17) is 14.8 Å². The summed E-state index contributed by atoms with van der Waals surface area (Å²) in [5.74, 6) is 0.769. The van der Waals surface area contributed by atoms with Gasteiger partial charge < -0.3 is 14.8 Å². The van der Waals surface area contributed by atoms with Gasteiger partial charge in [0.25, 0.3) is 0 Å². The first-order valence-electron chi connectivity index (χ1n) is 3.45. The zero-order valence-corrected chi connectivity index (χ0v) is 11.1. The summed E-state index contributed by atoms with van der Waals surface area (Å²) >= 11 is 4.19. The van der Waals surface area contributed by atoms with Crippen LogP contribution < -0.4 is 10.2 Å². The first kappa shape index (κ1) is 11.5. The average molecular weight is 404 g/mol. The van der Waals surface area contributed by atoms with Gasteiger partial charge in [-0.05, 0) is 62.8 Å². The molecule has 0 saturated carbocycles. The van der Waals surface area contributed by atoms with Crippen LogP contribution in [0.5, 0.6) is 5.75 Å². The fraction of sp³-hybridized carbons (Fsp3) is 0.143. The van der Waals surface area contributed by atoms with Crippen molar-refractivity contribution in [3.63, 3.8) is 0 Å². The lowest BCUT2D eigenvalue weighted by Gasteiger charge is -2.08. The molecule has 0 saturated heterocycles. The van der Waals surface area contributed by atoms with Crippen molar-refractivity contribution < 1.29 is 14.8 Å². The smallest absolute Gasteiger partial charge is 0.488 e. The Morgan fingerprint density at radius 2 is 1.69 bits per heavy atom. The summed E-state index contributed by atoms with van der Waals surface area (Å²) in [5.41, 5.74) is 0.481. The Hall–Kier alpha value is 0.465. The molecular weight excluding hydrogens is 397 g/mol. The summed E-state index contributed by atoms with van der Waals surface area (Å²) in [5, 5.41) is 17.9. The van der Waals surface area contributed by atoms with Gasteiger partial charge in [0.05, 0.1) is 14.3 Å². The van der Waals surface area contributed by atoms with Gasteiger partial charge in [0, 0.05) is 0 Å². The van der Waals surface area contributed by atoms with Crippen LogP contribution in [0, 0.1) is 7.14 Å². The van der Waals surface area contributed by atoms with Gasteiger partial charge in [0.15, 0.2) is 0 Å². The van der Waals surface area contributed by atoms with E-state index < -0.39 is 7.12 Å². The zero-order chi connectivity index (χ0) is 10.0. The van der Waals surface area contributed by atoms with Gasteiger partial charge in [-0.3, -0.25) is 0 Å². The molecule has 0 bridgehead atoms. The van der Waals surface area contributed by atoms with Gasteiger partial charge in [-0.25, -0.2) is 0 Å². The Morgan fingerprint density at radius 3 is 2.00 bits per heavy atom. The third-order valence-corrected chi connectivity index (χ3v) is 3.13. The van der Waals surface area contributed by atoms with Crippen molar-refractivity contribution in [1.82, 2.24) is 0 Å². The van der Waals surface area contributed by atoms with Crippen LogP contribution in [0.3, 0.4) is 0 Å². The summed E-state index contributed by atoms with van der Waals surface area (Å²) in [6.45, 7) is 0. The van der Waals surface area contributed by atoms with Gasteiger partial charge in [-0.15, -0.1) is 0 Å². The molecular formula is C7H7BI2O3. The van der Waals surface area contributed by atoms with E-state index in [2.05, 4.69) is 45.2 Å². The highest BCUT2D eigenvalue weighted by molar-refractivity contribution is 14.1. The molecule has 0 amide bonds. The quantitative estimate of drug-likeness (QED) is 0.561. The average Bonchev–Trinajstić information content (AvgIpc) is 2.03. The molecule has 0 aromatic heterocycles. The molecule has 0 aliphatic heterocycles. The van der Waals surface area contributed by atoms with Crippen LogP contribution in [0.1, 0.15) is 0 Å². The predicted molar refractivity (Wildman–Crippen MR) is 68.3 cm³/mol. The maximum Gasteiger partial charge on any atom is 0.488 e. The van der Waals surface area contributed by atoms with Crippen LogP contribution in [0.15, 0.2) is 12.1 Å². The minimum Gasteiger partial charge on any atom is -0.495 e. The van der Waals surface area contributed by atoms with Crippen LogP contribution in [0.2, 0.25) is 0 Å². The molecule has 1 aromatic carbocycles. The number of ether oxygens (including phenoxy) is 1. The van der Waals surface area contributed by atoms with E-state index in [-0.39, 0.29) is 0 Å². The Labute approximate surface area is 104 Å². The van der Waals surface area contributed by atoms with Crippen LogP contribution in [0.25, 0.3) is 0 Å². The molecule has 0 heterocycles. The van der Waals surface area contributed by atoms with Crippen molar-refractivity contribution in [2.24, 2.45) is 0 Å². The molecule has 6 heteroatoms. The molecule has 0 atom stereocenters. The zero-order valence-electron chi connectivity index (χ0n) is 6.79. The minimum absolute atomic E-state index is 0.481. The lowest BCUT2D eigenvalue weighted by molar-refractivity contribution is 0.408. The van der Waals surface area contributed by atoms with Gasteiger partial charge in [-0.1, -0.05) is 0 Å². The number of hydrogen-bond donors (Lipinski definition) is 2. The van der Waals surface area contributed by atoms with E-state index in [1.165, 1.54) is 0 Å². The molecule has 0 aliphatic rings. The first-order chi connectivity index (χ1) is 6.06.